The Morgan fingerprint density at radius 3 is 2.29 bits per heavy atom. The van der Waals surface area contributed by atoms with Gasteiger partial charge in [0.15, 0.2) is 0 Å². The van der Waals surface area contributed by atoms with Crippen molar-refractivity contribution in [3.05, 3.63) is 71.7 Å². The molecular weight excluding hydrogens is 262 g/mol. The van der Waals surface area contributed by atoms with Crippen molar-refractivity contribution in [3.63, 3.8) is 0 Å². The molecule has 0 aliphatic rings. The Bertz CT molecular complexity index is 718. The van der Waals surface area contributed by atoms with E-state index in [0.717, 1.165) is 29.4 Å². The highest BCUT2D eigenvalue weighted by Crippen LogP contribution is 2.30. The van der Waals surface area contributed by atoms with Gasteiger partial charge in [0.25, 0.3) is 0 Å². The van der Waals surface area contributed by atoms with Gasteiger partial charge in [-0.15, -0.1) is 0 Å². The number of rotatable bonds is 5. The third-order valence-electron chi connectivity index (χ3n) is 3.74. The van der Waals surface area contributed by atoms with E-state index in [1.165, 1.54) is 5.56 Å². The molecule has 1 unspecified atom stereocenters. The molecule has 3 heteroatoms. The molecule has 0 radical (unpaired) electrons. The first-order chi connectivity index (χ1) is 10.3. The second kappa shape index (κ2) is 6.12. The van der Waals surface area contributed by atoms with E-state index < -0.39 is 6.10 Å². The lowest BCUT2D eigenvalue weighted by atomic mass is 10.1. The molecule has 0 saturated heterocycles. The summed E-state index contributed by atoms with van der Waals surface area (Å²) in [6.07, 6.45) is 0.971. The first-order valence-electron chi connectivity index (χ1n) is 7.22. The fraction of sp³-hybridized carbons (Fsp3) is 0.222. The van der Waals surface area contributed by atoms with Gasteiger partial charge >= 0.3 is 0 Å². The zero-order valence-electron chi connectivity index (χ0n) is 11.8. The topological polar surface area (TPSA) is 59.4 Å². The molecule has 108 valence electrons. The van der Waals surface area contributed by atoms with Gasteiger partial charge < -0.3 is 15.3 Å². The minimum absolute atomic E-state index is 0.162. The Hall–Kier alpha value is -2.10. The first kappa shape index (κ1) is 13.9. The minimum atomic E-state index is -0.750. The van der Waals surface area contributed by atoms with Gasteiger partial charge in [0.05, 0.1) is 0 Å². The minimum Gasteiger partial charge on any atom is -0.462 e. The number of aliphatic hydroxyl groups excluding tert-OH is 1. The smallest absolute Gasteiger partial charge is 0.141 e. The SMILES string of the molecule is NCC(O)c1oc(CCc2ccccc2)c2ccccc12. The zero-order valence-corrected chi connectivity index (χ0v) is 11.8. The average Bonchev–Trinajstić information content (AvgIpc) is 2.92. The van der Waals surface area contributed by atoms with Crippen LogP contribution in [0.3, 0.4) is 0 Å². The first-order valence-corrected chi connectivity index (χ1v) is 7.22. The van der Waals surface area contributed by atoms with Crippen LogP contribution in [0.25, 0.3) is 10.8 Å². The van der Waals surface area contributed by atoms with Crippen molar-refractivity contribution in [2.24, 2.45) is 5.73 Å². The number of nitrogens with two attached hydrogens (primary N) is 1. The molecule has 1 heterocycles. The summed E-state index contributed by atoms with van der Waals surface area (Å²) in [5.74, 6) is 1.49. The Morgan fingerprint density at radius 1 is 0.905 bits per heavy atom. The van der Waals surface area contributed by atoms with Crippen molar-refractivity contribution in [1.29, 1.82) is 0 Å². The van der Waals surface area contributed by atoms with Crippen molar-refractivity contribution in [3.8, 4) is 0 Å². The zero-order chi connectivity index (χ0) is 14.7. The normalized spacial score (nSPS) is 12.7. The molecule has 1 atom stereocenters. The van der Waals surface area contributed by atoms with Gasteiger partial charge in [0.2, 0.25) is 0 Å². The van der Waals surface area contributed by atoms with Crippen LogP contribution in [0.5, 0.6) is 0 Å². The molecule has 0 spiro atoms. The Labute approximate surface area is 124 Å². The van der Waals surface area contributed by atoms with E-state index in [2.05, 4.69) is 12.1 Å². The summed E-state index contributed by atoms with van der Waals surface area (Å²) in [6.45, 7) is 0.162. The van der Waals surface area contributed by atoms with Gasteiger partial charge in [-0.05, 0) is 12.0 Å². The van der Waals surface area contributed by atoms with Crippen molar-refractivity contribution < 1.29 is 9.52 Å². The fourth-order valence-corrected chi connectivity index (χ4v) is 2.63. The van der Waals surface area contributed by atoms with E-state index in [4.69, 9.17) is 10.2 Å². The number of hydrogen-bond donors (Lipinski definition) is 2. The predicted octanol–water partition coefficient (Wildman–Crippen LogP) is 3.21. The van der Waals surface area contributed by atoms with Gasteiger partial charge in [-0.3, -0.25) is 0 Å². The molecule has 1 aromatic heterocycles. The Morgan fingerprint density at radius 2 is 1.57 bits per heavy atom. The van der Waals surface area contributed by atoms with E-state index >= 15 is 0 Å². The van der Waals surface area contributed by atoms with Crippen molar-refractivity contribution >= 4 is 10.8 Å². The lowest BCUT2D eigenvalue weighted by Crippen LogP contribution is -2.10. The van der Waals surface area contributed by atoms with Crippen LogP contribution in [0.15, 0.2) is 59.0 Å². The summed E-state index contributed by atoms with van der Waals surface area (Å²) in [6, 6.07) is 18.3. The highest BCUT2D eigenvalue weighted by molar-refractivity contribution is 5.87. The number of fused-ring (bicyclic) bond motifs is 1. The van der Waals surface area contributed by atoms with Crippen LogP contribution in [0.1, 0.15) is 23.2 Å². The van der Waals surface area contributed by atoms with Crippen LogP contribution >= 0.6 is 0 Å². The molecule has 2 aromatic carbocycles. The average molecular weight is 281 g/mol. The van der Waals surface area contributed by atoms with Gasteiger partial charge in [-0.1, -0.05) is 54.6 Å². The molecule has 0 bridgehead atoms. The number of furan rings is 1. The number of aryl methyl sites for hydroxylation is 2. The van der Waals surface area contributed by atoms with Crippen LogP contribution in [0.4, 0.5) is 0 Å². The largest absolute Gasteiger partial charge is 0.462 e. The molecule has 3 nitrogen and oxygen atoms in total. The number of benzene rings is 2. The van der Waals surface area contributed by atoms with E-state index in [1.807, 2.05) is 42.5 Å². The summed E-state index contributed by atoms with van der Waals surface area (Å²) in [4.78, 5) is 0. The predicted molar refractivity (Wildman–Crippen MR) is 84.1 cm³/mol. The fourth-order valence-electron chi connectivity index (χ4n) is 2.63. The van der Waals surface area contributed by atoms with Gasteiger partial charge in [0, 0.05) is 23.7 Å². The van der Waals surface area contributed by atoms with Crippen LogP contribution in [-0.2, 0) is 12.8 Å². The molecule has 21 heavy (non-hydrogen) atoms. The maximum atomic E-state index is 10.0. The maximum Gasteiger partial charge on any atom is 0.141 e. The summed E-state index contributed by atoms with van der Waals surface area (Å²) >= 11 is 0. The van der Waals surface area contributed by atoms with Crippen molar-refractivity contribution in [2.75, 3.05) is 6.54 Å². The summed E-state index contributed by atoms with van der Waals surface area (Å²) < 4.78 is 5.91. The molecule has 0 aliphatic carbocycles. The summed E-state index contributed by atoms with van der Waals surface area (Å²) in [7, 11) is 0. The number of aliphatic hydroxyl groups is 1. The van der Waals surface area contributed by atoms with Crippen molar-refractivity contribution in [1.82, 2.24) is 0 Å². The highest BCUT2D eigenvalue weighted by atomic mass is 16.4. The van der Waals surface area contributed by atoms with Crippen LogP contribution in [0, 0.1) is 0 Å². The van der Waals surface area contributed by atoms with Crippen molar-refractivity contribution in [2.45, 2.75) is 18.9 Å². The lowest BCUT2D eigenvalue weighted by Gasteiger charge is -2.04. The molecule has 0 aliphatic heterocycles. The van der Waals surface area contributed by atoms with Crippen LogP contribution in [0.2, 0.25) is 0 Å². The lowest BCUT2D eigenvalue weighted by molar-refractivity contribution is 0.158. The molecule has 0 amide bonds. The van der Waals surface area contributed by atoms with E-state index in [9.17, 15) is 5.11 Å². The van der Waals surface area contributed by atoms with Gasteiger partial charge in [-0.2, -0.15) is 0 Å². The molecule has 3 N–H and O–H groups in total. The second-order valence-corrected chi connectivity index (χ2v) is 5.17. The highest BCUT2D eigenvalue weighted by Gasteiger charge is 2.18. The van der Waals surface area contributed by atoms with Crippen LogP contribution < -0.4 is 5.73 Å². The maximum absolute atomic E-state index is 10.0. The van der Waals surface area contributed by atoms with E-state index in [0.29, 0.717) is 5.76 Å². The summed E-state index contributed by atoms with van der Waals surface area (Å²) in [5, 5.41) is 12.0. The van der Waals surface area contributed by atoms with Gasteiger partial charge in [0.1, 0.15) is 17.6 Å². The molecule has 0 fully saturated rings. The second-order valence-electron chi connectivity index (χ2n) is 5.17. The molecule has 0 saturated carbocycles. The van der Waals surface area contributed by atoms with E-state index in [-0.39, 0.29) is 6.54 Å². The Kier molecular flexibility index (Phi) is 4.04. The standard InChI is InChI=1S/C18H19NO2/c19-12-16(20)18-15-9-5-4-8-14(15)17(21-18)11-10-13-6-2-1-3-7-13/h1-9,16,20H,10-12,19H2. The van der Waals surface area contributed by atoms with Crippen LogP contribution in [-0.4, -0.2) is 11.7 Å². The quantitative estimate of drug-likeness (QED) is 0.755. The molecule has 3 rings (SSSR count). The molecule has 3 aromatic rings. The monoisotopic (exact) mass is 281 g/mol. The van der Waals surface area contributed by atoms with E-state index in [1.54, 1.807) is 0 Å². The summed E-state index contributed by atoms with van der Waals surface area (Å²) in [5.41, 5.74) is 6.84. The number of hydrogen-bond acceptors (Lipinski definition) is 3. The Balaban J connectivity index is 1.91. The van der Waals surface area contributed by atoms with Gasteiger partial charge in [-0.25, -0.2) is 0 Å². The third kappa shape index (κ3) is 2.84. The third-order valence-corrected chi connectivity index (χ3v) is 3.74. The molecular formula is C18H19NO2.